The normalized spacial score (nSPS) is 13.3. The summed E-state index contributed by atoms with van der Waals surface area (Å²) in [6.45, 7) is 2.37. The number of fused-ring (bicyclic) bond motifs is 1. The highest BCUT2D eigenvalue weighted by Crippen LogP contribution is 2.26. The lowest BCUT2D eigenvalue weighted by Crippen LogP contribution is -1.94. The molecule has 4 heteroatoms. The summed E-state index contributed by atoms with van der Waals surface area (Å²) in [7, 11) is 0. The van der Waals surface area contributed by atoms with E-state index >= 15 is 0 Å². The average molecular weight is 364 g/mol. The van der Waals surface area contributed by atoms with Gasteiger partial charge in [0.2, 0.25) is 0 Å². The van der Waals surface area contributed by atoms with Crippen molar-refractivity contribution in [3.63, 3.8) is 0 Å². The number of hydrogen-bond acceptors (Lipinski definition) is 4. The minimum absolute atomic E-state index is 0.00422. The number of benzene rings is 1. The molecule has 0 fully saturated rings. The highest BCUT2D eigenvalue weighted by molar-refractivity contribution is 7.14. The van der Waals surface area contributed by atoms with Crippen LogP contribution >= 0.6 is 11.3 Å². The number of ketones is 1. The summed E-state index contributed by atoms with van der Waals surface area (Å²) in [4.78, 5) is 14.0. The molecule has 0 bridgehead atoms. The van der Waals surface area contributed by atoms with Gasteiger partial charge in [-0.3, -0.25) is 4.79 Å². The second-order valence-electron chi connectivity index (χ2n) is 6.48. The third kappa shape index (κ3) is 3.81. The Bertz CT molecular complexity index is 961. The van der Waals surface area contributed by atoms with Gasteiger partial charge in [-0.05, 0) is 85.9 Å². The van der Waals surface area contributed by atoms with Crippen LogP contribution in [0.3, 0.4) is 0 Å². The molecule has 0 saturated heterocycles. The van der Waals surface area contributed by atoms with Crippen molar-refractivity contribution in [3.8, 4) is 5.75 Å². The number of ether oxygens (including phenoxy) is 1. The van der Waals surface area contributed by atoms with Gasteiger partial charge in [0.1, 0.15) is 23.9 Å². The Morgan fingerprint density at radius 1 is 1.15 bits per heavy atom. The number of rotatable bonds is 6. The zero-order valence-corrected chi connectivity index (χ0v) is 15.5. The smallest absolute Gasteiger partial charge is 0.195 e. The lowest BCUT2D eigenvalue weighted by Gasteiger charge is -2.06. The van der Waals surface area contributed by atoms with Crippen LogP contribution in [0.25, 0.3) is 6.08 Å². The first kappa shape index (κ1) is 16.9. The first-order chi connectivity index (χ1) is 12.7. The minimum Gasteiger partial charge on any atom is -0.486 e. The van der Waals surface area contributed by atoms with Gasteiger partial charge in [0, 0.05) is 4.88 Å². The number of aryl methyl sites for hydroxylation is 3. The Morgan fingerprint density at radius 2 is 2.04 bits per heavy atom. The number of furan rings is 1. The molecule has 2 aromatic heterocycles. The monoisotopic (exact) mass is 364 g/mol. The third-order valence-electron chi connectivity index (χ3n) is 4.52. The van der Waals surface area contributed by atoms with Gasteiger partial charge in [-0.25, -0.2) is 0 Å². The maximum Gasteiger partial charge on any atom is 0.195 e. The van der Waals surface area contributed by atoms with Crippen molar-refractivity contribution in [2.45, 2.75) is 32.8 Å². The molecule has 132 valence electrons. The quantitative estimate of drug-likeness (QED) is 0.421. The van der Waals surface area contributed by atoms with Crippen LogP contribution in [0.1, 0.15) is 43.6 Å². The largest absolute Gasteiger partial charge is 0.486 e. The molecule has 0 unspecified atom stereocenters. The van der Waals surface area contributed by atoms with Gasteiger partial charge in [-0.15, -0.1) is 11.3 Å². The van der Waals surface area contributed by atoms with Crippen molar-refractivity contribution in [1.29, 1.82) is 0 Å². The van der Waals surface area contributed by atoms with Crippen LogP contribution in [0.5, 0.6) is 5.75 Å². The summed E-state index contributed by atoms with van der Waals surface area (Å²) in [5, 5.41) is 0. The van der Waals surface area contributed by atoms with Crippen LogP contribution in [-0.4, -0.2) is 5.78 Å². The standard InChI is InChI=1S/C22H20O3S/c1-15-5-12-22(26-15)21(23)11-10-18-8-9-20(25-18)14-24-19-7-6-16-3-2-4-17(16)13-19/h5-13H,2-4,14H2,1H3/b11-10+. The number of thiophene rings is 1. The average Bonchev–Trinajstić information content (AvgIpc) is 3.38. The van der Waals surface area contributed by atoms with Crippen molar-refractivity contribution < 1.29 is 13.9 Å². The molecule has 0 atom stereocenters. The highest BCUT2D eigenvalue weighted by atomic mass is 32.1. The van der Waals surface area contributed by atoms with Crippen LogP contribution < -0.4 is 4.74 Å². The van der Waals surface area contributed by atoms with Gasteiger partial charge in [-0.2, -0.15) is 0 Å². The van der Waals surface area contributed by atoms with Crippen molar-refractivity contribution in [2.75, 3.05) is 0 Å². The molecular formula is C22H20O3S. The fourth-order valence-electron chi connectivity index (χ4n) is 3.16. The van der Waals surface area contributed by atoms with E-state index in [9.17, 15) is 4.79 Å². The number of allylic oxidation sites excluding steroid dienone is 1. The molecule has 26 heavy (non-hydrogen) atoms. The van der Waals surface area contributed by atoms with E-state index in [1.54, 1.807) is 12.2 Å². The Hall–Kier alpha value is -2.59. The Balaban J connectivity index is 1.35. The number of hydrogen-bond donors (Lipinski definition) is 0. The van der Waals surface area contributed by atoms with E-state index < -0.39 is 0 Å². The first-order valence-electron chi connectivity index (χ1n) is 8.79. The molecular weight excluding hydrogens is 344 g/mol. The molecule has 0 radical (unpaired) electrons. The third-order valence-corrected chi connectivity index (χ3v) is 5.53. The van der Waals surface area contributed by atoms with E-state index in [1.165, 1.54) is 35.3 Å². The molecule has 3 nitrogen and oxygen atoms in total. The first-order valence-corrected chi connectivity index (χ1v) is 9.61. The summed E-state index contributed by atoms with van der Waals surface area (Å²) < 4.78 is 11.6. The summed E-state index contributed by atoms with van der Waals surface area (Å²) in [6.07, 6.45) is 6.80. The van der Waals surface area contributed by atoms with Gasteiger partial charge in [0.15, 0.2) is 5.78 Å². The van der Waals surface area contributed by atoms with Gasteiger partial charge < -0.3 is 9.15 Å². The van der Waals surface area contributed by atoms with E-state index in [1.807, 2.05) is 37.3 Å². The van der Waals surface area contributed by atoms with E-state index in [-0.39, 0.29) is 5.78 Å². The molecule has 1 aliphatic rings. The zero-order valence-electron chi connectivity index (χ0n) is 14.7. The number of carbonyl (C=O) groups excluding carboxylic acids is 1. The molecule has 4 rings (SSSR count). The van der Waals surface area contributed by atoms with E-state index in [0.717, 1.165) is 27.7 Å². The van der Waals surface area contributed by atoms with Gasteiger partial charge in [-0.1, -0.05) is 6.07 Å². The van der Waals surface area contributed by atoms with E-state index in [0.29, 0.717) is 12.4 Å². The predicted molar refractivity (Wildman–Crippen MR) is 104 cm³/mol. The van der Waals surface area contributed by atoms with Gasteiger partial charge in [0.05, 0.1) is 4.88 Å². The van der Waals surface area contributed by atoms with Crippen LogP contribution in [0.15, 0.2) is 53.0 Å². The second kappa shape index (κ2) is 7.34. The van der Waals surface area contributed by atoms with Crippen LogP contribution in [0.4, 0.5) is 0 Å². The SMILES string of the molecule is Cc1ccc(C(=O)/C=C/c2ccc(COc3ccc4c(c3)CCC4)o2)s1. The van der Waals surface area contributed by atoms with E-state index in [4.69, 9.17) is 9.15 Å². The Kier molecular flexibility index (Phi) is 4.76. The lowest BCUT2D eigenvalue weighted by atomic mass is 10.1. The second-order valence-corrected chi connectivity index (χ2v) is 7.77. The van der Waals surface area contributed by atoms with Crippen LogP contribution in [-0.2, 0) is 19.4 Å². The minimum atomic E-state index is -0.00422. The maximum atomic E-state index is 12.1. The number of carbonyl (C=O) groups is 1. The van der Waals surface area contributed by atoms with Gasteiger partial charge >= 0.3 is 0 Å². The zero-order chi connectivity index (χ0) is 17.9. The fraction of sp³-hybridized carbons (Fsp3) is 0.227. The summed E-state index contributed by atoms with van der Waals surface area (Å²) >= 11 is 1.50. The molecule has 0 saturated carbocycles. The Morgan fingerprint density at radius 3 is 2.88 bits per heavy atom. The molecule has 0 N–H and O–H groups in total. The molecule has 0 aliphatic heterocycles. The van der Waals surface area contributed by atoms with Crippen molar-refractivity contribution in [3.05, 3.63) is 80.9 Å². The summed E-state index contributed by atoms with van der Waals surface area (Å²) in [5.74, 6) is 2.27. The molecule has 2 heterocycles. The molecule has 0 spiro atoms. The van der Waals surface area contributed by atoms with E-state index in [2.05, 4.69) is 12.1 Å². The topological polar surface area (TPSA) is 39.4 Å². The van der Waals surface area contributed by atoms with Crippen molar-refractivity contribution in [1.82, 2.24) is 0 Å². The van der Waals surface area contributed by atoms with Crippen molar-refractivity contribution in [2.24, 2.45) is 0 Å². The van der Waals surface area contributed by atoms with Gasteiger partial charge in [0.25, 0.3) is 0 Å². The van der Waals surface area contributed by atoms with Crippen LogP contribution in [0.2, 0.25) is 0 Å². The fourth-order valence-corrected chi connectivity index (χ4v) is 3.95. The predicted octanol–water partition coefficient (Wildman–Crippen LogP) is 5.61. The molecule has 3 aromatic rings. The summed E-state index contributed by atoms with van der Waals surface area (Å²) in [5.41, 5.74) is 2.83. The maximum absolute atomic E-state index is 12.1. The lowest BCUT2D eigenvalue weighted by molar-refractivity contribution is 0.105. The highest BCUT2D eigenvalue weighted by Gasteiger charge is 2.11. The molecule has 1 aliphatic carbocycles. The molecule has 0 amide bonds. The van der Waals surface area contributed by atoms with Crippen LogP contribution in [0, 0.1) is 6.92 Å². The van der Waals surface area contributed by atoms with Crippen molar-refractivity contribution >= 4 is 23.2 Å². The molecule has 1 aromatic carbocycles. The Labute approximate surface area is 156 Å². The summed E-state index contributed by atoms with van der Waals surface area (Å²) in [6, 6.07) is 13.9.